The molecule has 0 aliphatic carbocycles. The molecule has 12 heavy (non-hydrogen) atoms. The van der Waals surface area contributed by atoms with Gasteiger partial charge in [0.05, 0.1) is 4.75 Å². The van der Waals surface area contributed by atoms with Crippen LogP contribution in [-0.4, -0.2) is 31.9 Å². The molecule has 0 aromatic carbocycles. The van der Waals surface area contributed by atoms with Crippen LogP contribution in [0.1, 0.15) is 20.8 Å². The minimum absolute atomic E-state index is 0.0537. The number of hydrogen-bond donors (Lipinski definition) is 2. The largest absolute Gasteiger partial charge is 0.339 e. The van der Waals surface area contributed by atoms with E-state index in [1.165, 1.54) is 0 Å². The molecule has 0 unspecified atom stereocenters. The van der Waals surface area contributed by atoms with Gasteiger partial charge in [-0.1, -0.05) is 24.0 Å². The molecule has 1 saturated heterocycles. The average molecular weight is 206 g/mol. The second-order valence-corrected chi connectivity index (χ2v) is 5.58. The van der Waals surface area contributed by atoms with Gasteiger partial charge in [-0.3, -0.25) is 0 Å². The Balaban J connectivity index is 2.83. The van der Waals surface area contributed by atoms with Crippen molar-refractivity contribution in [2.45, 2.75) is 31.7 Å². The fraction of sp³-hybridized carbons (Fsp3) is 0.857. The van der Waals surface area contributed by atoms with Crippen LogP contribution in [-0.2, 0) is 0 Å². The molecular formula is C7H14N2OS2. The molecule has 3 nitrogen and oxygen atoms in total. The van der Waals surface area contributed by atoms with E-state index < -0.39 is 0 Å². The second kappa shape index (κ2) is 3.49. The molecule has 70 valence electrons. The molecule has 0 aromatic rings. The van der Waals surface area contributed by atoms with Gasteiger partial charge < -0.3 is 10.1 Å². The van der Waals surface area contributed by atoms with Crippen molar-refractivity contribution in [2.75, 3.05) is 6.54 Å². The highest BCUT2D eigenvalue weighted by Crippen LogP contribution is 2.39. The monoisotopic (exact) mass is 206 g/mol. The highest BCUT2D eigenvalue weighted by Gasteiger charge is 2.43. The Bertz CT molecular complexity index is 196. The van der Waals surface area contributed by atoms with Crippen LogP contribution >= 0.6 is 24.0 Å². The van der Waals surface area contributed by atoms with Crippen molar-refractivity contribution in [3.05, 3.63) is 0 Å². The summed E-state index contributed by atoms with van der Waals surface area (Å²) in [6, 6.07) is 0. The van der Waals surface area contributed by atoms with Crippen LogP contribution in [0.15, 0.2) is 0 Å². The van der Waals surface area contributed by atoms with Crippen LogP contribution in [0.3, 0.4) is 0 Å². The Morgan fingerprint density at radius 1 is 1.75 bits per heavy atom. The molecule has 2 N–H and O–H groups in total. The van der Waals surface area contributed by atoms with E-state index in [2.05, 4.69) is 19.3 Å². The smallest absolute Gasteiger partial charge is 0.138 e. The maximum absolute atomic E-state index is 8.96. The number of nitrogens with zero attached hydrogens (tertiary/aromatic N) is 1. The number of thiocarbonyl (C=S) groups is 1. The van der Waals surface area contributed by atoms with Crippen LogP contribution in [0.5, 0.6) is 0 Å². The van der Waals surface area contributed by atoms with Crippen molar-refractivity contribution in [3.63, 3.8) is 0 Å². The lowest BCUT2D eigenvalue weighted by Crippen LogP contribution is -2.49. The number of rotatable bonds is 2. The normalized spacial score (nSPS) is 28.2. The quantitative estimate of drug-likeness (QED) is 0.528. The number of hydroxylamine groups is 1. The Hall–Kier alpha value is 0.160. The van der Waals surface area contributed by atoms with Gasteiger partial charge in [0.2, 0.25) is 0 Å². The highest BCUT2D eigenvalue weighted by atomic mass is 32.2. The molecule has 0 spiro atoms. The molecule has 0 amide bonds. The summed E-state index contributed by atoms with van der Waals surface area (Å²) in [5, 5.41) is 8.96. The third kappa shape index (κ3) is 1.59. The van der Waals surface area contributed by atoms with Gasteiger partial charge in [0.15, 0.2) is 0 Å². The lowest BCUT2D eigenvalue weighted by Gasteiger charge is -2.29. The second-order valence-electron chi connectivity index (χ2n) is 3.29. The fourth-order valence-electron chi connectivity index (χ4n) is 1.36. The molecule has 0 saturated carbocycles. The van der Waals surface area contributed by atoms with Crippen molar-refractivity contribution in [1.29, 1.82) is 0 Å². The minimum atomic E-state index is -0.0694. The van der Waals surface area contributed by atoms with Gasteiger partial charge >= 0.3 is 0 Å². The maximum atomic E-state index is 8.96. The number of hydrogen-bond acceptors (Lipinski definition) is 4. The van der Waals surface area contributed by atoms with Crippen LogP contribution < -0.4 is 5.48 Å². The minimum Gasteiger partial charge on any atom is -0.339 e. The molecular weight excluding hydrogens is 192 g/mol. The van der Waals surface area contributed by atoms with Crippen LogP contribution in [0.4, 0.5) is 0 Å². The molecule has 0 bridgehead atoms. The van der Waals surface area contributed by atoms with E-state index >= 15 is 0 Å². The summed E-state index contributed by atoms with van der Waals surface area (Å²) in [5.41, 5.74) is 2.30. The Morgan fingerprint density at radius 3 is 2.67 bits per heavy atom. The standard InChI is InChI=1S/C7H14N2OS2/c1-4-9-5(8-10)7(2,3)12-6(9)11/h5,8,10H,4H2,1-3H3/t5-/m1/s1. The zero-order valence-electron chi connectivity index (χ0n) is 7.50. The van der Waals surface area contributed by atoms with Crippen molar-refractivity contribution in [3.8, 4) is 0 Å². The van der Waals surface area contributed by atoms with Crippen LogP contribution in [0.25, 0.3) is 0 Å². The summed E-state index contributed by atoms with van der Waals surface area (Å²) in [6.45, 7) is 6.98. The predicted molar refractivity (Wildman–Crippen MR) is 55.4 cm³/mol. The molecule has 1 heterocycles. The van der Waals surface area contributed by atoms with Crippen molar-refractivity contribution in [2.24, 2.45) is 0 Å². The summed E-state index contributed by atoms with van der Waals surface area (Å²) >= 11 is 6.79. The maximum Gasteiger partial charge on any atom is 0.138 e. The van der Waals surface area contributed by atoms with Gasteiger partial charge in [0, 0.05) is 6.54 Å². The SMILES string of the molecule is CCN1C(=S)SC(C)(C)[C@@H]1NO. The Labute approximate surface area is 82.5 Å². The average Bonchev–Trinajstić information content (AvgIpc) is 2.18. The van der Waals surface area contributed by atoms with Crippen molar-refractivity contribution >= 4 is 28.3 Å². The Kier molecular flexibility index (Phi) is 2.98. The zero-order chi connectivity index (χ0) is 9.35. The molecule has 1 fully saturated rings. The summed E-state index contributed by atoms with van der Waals surface area (Å²) in [6.07, 6.45) is -0.0694. The lowest BCUT2D eigenvalue weighted by molar-refractivity contribution is 0.0589. The lowest BCUT2D eigenvalue weighted by atomic mass is 10.1. The van der Waals surface area contributed by atoms with E-state index in [9.17, 15) is 0 Å². The van der Waals surface area contributed by atoms with E-state index in [1.54, 1.807) is 11.8 Å². The molecule has 1 atom stereocenters. The molecule has 1 aliphatic rings. The molecule has 5 heteroatoms. The summed E-state index contributed by atoms with van der Waals surface area (Å²) in [5.74, 6) is 0. The zero-order valence-corrected chi connectivity index (χ0v) is 9.13. The third-order valence-electron chi connectivity index (χ3n) is 2.02. The van der Waals surface area contributed by atoms with Gasteiger partial charge in [-0.05, 0) is 20.8 Å². The number of nitrogens with one attached hydrogen (secondary N) is 1. The topological polar surface area (TPSA) is 35.5 Å². The van der Waals surface area contributed by atoms with E-state index in [1.807, 2.05) is 11.8 Å². The van der Waals surface area contributed by atoms with E-state index in [0.717, 1.165) is 10.9 Å². The first-order valence-electron chi connectivity index (χ1n) is 3.92. The van der Waals surface area contributed by atoms with Gasteiger partial charge in [-0.2, -0.15) is 5.48 Å². The van der Waals surface area contributed by atoms with E-state index in [-0.39, 0.29) is 10.9 Å². The molecule has 1 rings (SSSR count). The van der Waals surface area contributed by atoms with Crippen LogP contribution in [0.2, 0.25) is 0 Å². The first-order chi connectivity index (χ1) is 5.53. The summed E-state index contributed by atoms with van der Waals surface area (Å²) in [7, 11) is 0. The fourth-order valence-corrected chi connectivity index (χ4v) is 3.33. The molecule has 1 aliphatic heterocycles. The van der Waals surface area contributed by atoms with E-state index in [0.29, 0.717) is 0 Å². The first-order valence-corrected chi connectivity index (χ1v) is 5.14. The third-order valence-corrected chi connectivity index (χ3v) is 3.66. The highest BCUT2D eigenvalue weighted by molar-refractivity contribution is 8.24. The van der Waals surface area contributed by atoms with Crippen molar-refractivity contribution < 1.29 is 5.21 Å². The number of thioether (sulfide) groups is 1. The van der Waals surface area contributed by atoms with Crippen LogP contribution in [0, 0.1) is 0 Å². The summed E-state index contributed by atoms with van der Waals surface area (Å²) < 4.78 is 0.802. The van der Waals surface area contributed by atoms with E-state index in [4.69, 9.17) is 17.4 Å². The van der Waals surface area contributed by atoms with Crippen molar-refractivity contribution in [1.82, 2.24) is 10.4 Å². The molecule has 0 radical (unpaired) electrons. The summed E-state index contributed by atoms with van der Waals surface area (Å²) in [4.78, 5) is 1.99. The molecule has 0 aromatic heterocycles. The first kappa shape index (κ1) is 10.2. The van der Waals surface area contributed by atoms with Gasteiger partial charge in [-0.25, -0.2) is 0 Å². The van der Waals surface area contributed by atoms with Gasteiger partial charge in [0.1, 0.15) is 10.5 Å². The van der Waals surface area contributed by atoms with Gasteiger partial charge in [-0.15, -0.1) is 0 Å². The predicted octanol–water partition coefficient (Wildman–Crippen LogP) is 1.42. The van der Waals surface area contributed by atoms with Gasteiger partial charge in [0.25, 0.3) is 0 Å². The Morgan fingerprint density at radius 2 is 2.33 bits per heavy atom.